The lowest BCUT2D eigenvalue weighted by Gasteiger charge is -2.35. The number of hydrogen-bond acceptors (Lipinski definition) is 5. The zero-order valence-electron chi connectivity index (χ0n) is 16.0. The molecule has 0 bridgehead atoms. The molecule has 1 atom stereocenters. The Morgan fingerprint density at radius 1 is 0.931 bits per heavy atom. The maximum atomic E-state index is 12.3. The molecule has 1 aliphatic heterocycles. The molecule has 0 fully saturated rings. The van der Waals surface area contributed by atoms with Crippen LogP contribution in [0.2, 0.25) is 0 Å². The van der Waals surface area contributed by atoms with Crippen LogP contribution in [0.4, 0.5) is 0 Å². The van der Waals surface area contributed by atoms with E-state index in [1.165, 1.54) is 16.0 Å². The van der Waals surface area contributed by atoms with E-state index in [9.17, 15) is 9.59 Å². The zero-order chi connectivity index (χ0) is 20.1. The van der Waals surface area contributed by atoms with Gasteiger partial charge in [0, 0.05) is 29.4 Å². The maximum Gasteiger partial charge on any atom is 0.309 e. The number of nitrogens with one attached hydrogen (secondary N) is 2. The molecular formula is C22H23N3O2S2. The summed E-state index contributed by atoms with van der Waals surface area (Å²) in [5.41, 5.74) is 2.73. The number of benzene rings is 1. The Morgan fingerprint density at radius 3 is 2.45 bits per heavy atom. The molecule has 29 heavy (non-hydrogen) atoms. The number of fused-ring (bicyclic) bond motifs is 1. The van der Waals surface area contributed by atoms with E-state index in [1.807, 2.05) is 23.6 Å². The standard InChI is InChI=1S/C22H23N3O2S2/c26-21(23-13-18-7-3-11-28-18)22(27)24-14-19(20-8-4-12-29-20)25-10-9-16-5-1-2-6-17(16)15-25/h1-8,11-12,19H,9-10,13-15H2,(H,23,26)(H,24,27). The summed E-state index contributed by atoms with van der Waals surface area (Å²) in [6.45, 7) is 2.56. The highest BCUT2D eigenvalue weighted by Crippen LogP contribution is 2.29. The average molecular weight is 426 g/mol. The van der Waals surface area contributed by atoms with E-state index >= 15 is 0 Å². The number of carbonyl (C=O) groups excluding carboxylic acids is 2. The van der Waals surface area contributed by atoms with Crippen LogP contribution < -0.4 is 10.6 Å². The highest BCUT2D eigenvalue weighted by atomic mass is 32.1. The quantitative estimate of drug-likeness (QED) is 0.596. The molecule has 0 spiro atoms. The Kier molecular flexibility index (Phi) is 6.39. The molecular weight excluding hydrogens is 402 g/mol. The number of thiophene rings is 2. The smallest absolute Gasteiger partial charge is 0.309 e. The van der Waals surface area contributed by atoms with Crippen molar-refractivity contribution in [1.29, 1.82) is 0 Å². The van der Waals surface area contributed by atoms with Gasteiger partial charge in [-0.15, -0.1) is 22.7 Å². The van der Waals surface area contributed by atoms with Crippen LogP contribution in [0.25, 0.3) is 0 Å². The van der Waals surface area contributed by atoms with Crippen molar-refractivity contribution in [3.05, 3.63) is 80.2 Å². The van der Waals surface area contributed by atoms with Crippen molar-refractivity contribution >= 4 is 34.5 Å². The van der Waals surface area contributed by atoms with Crippen molar-refractivity contribution in [1.82, 2.24) is 15.5 Å². The molecule has 2 N–H and O–H groups in total. The molecule has 1 aliphatic rings. The fourth-order valence-corrected chi connectivity index (χ4v) is 5.11. The minimum atomic E-state index is -0.590. The van der Waals surface area contributed by atoms with E-state index < -0.39 is 11.8 Å². The third kappa shape index (κ3) is 4.93. The van der Waals surface area contributed by atoms with E-state index in [0.717, 1.165) is 24.4 Å². The van der Waals surface area contributed by atoms with Gasteiger partial charge in [-0.3, -0.25) is 14.5 Å². The van der Waals surface area contributed by atoms with Crippen molar-refractivity contribution in [3.8, 4) is 0 Å². The Bertz CT molecular complexity index is 954. The normalized spacial score (nSPS) is 14.8. The Hall–Kier alpha value is -2.48. The summed E-state index contributed by atoms with van der Waals surface area (Å²) in [5.74, 6) is -1.17. The van der Waals surface area contributed by atoms with Crippen molar-refractivity contribution in [2.45, 2.75) is 25.6 Å². The van der Waals surface area contributed by atoms with Crippen LogP contribution in [0.1, 0.15) is 26.9 Å². The monoisotopic (exact) mass is 425 g/mol. The molecule has 0 radical (unpaired) electrons. The number of amides is 2. The molecule has 150 valence electrons. The fraction of sp³-hybridized carbons (Fsp3) is 0.273. The third-order valence-electron chi connectivity index (χ3n) is 5.14. The molecule has 3 heterocycles. The van der Waals surface area contributed by atoms with Gasteiger partial charge < -0.3 is 10.6 Å². The van der Waals surface area contributed by atoms with Crippen molar-refractivity contribution in [3.63, 3.8) is 0 Å². The van der Waals surface area contributed by atoms with Gasteiger partial charge in [0.1, 0.15) is 0 Å². The molecule has 1 aromatic carbocycles. The van der Waals surface area contributed by atoms with Crippen LogP contribution in [0.5, 0.6) is 0 Å². The second-order valence-corrected chi connectivity index (χ2v) is 9.00. The van der Waals surface area contributed by atoms with Crippen molar-refractivity contribution in [2.24, 2.45) is 0 Å². The summed E-state index contributed by atoms with van der Waals surface area (Å²) in [4.78, 5) is 29.1. The number of rotatable bonds is 6. The Labute approximate surface area is 178 Å². The molecule has 0 saturated carbocycles. The number of hydrogen-bond donors (Lipinski definition) is 2. The minimum Gasteiger partial charge on any atom is -0.346 e. The predicted molar refractivity (Wildman–Crippen MR) is 117 cm³/mol. The SMILES string of the molecule is O=C(NCc1cccs1)C(=O)NCC(c1cccs1)N1CCc2ccccc2C1. The molecule has 3 aromatic rings. The van der Waals surface area contributed by atoms with Crippen molar-refractivity contribution in [2.75, 3.05) is 13.1 Å². The largest absolute Gasteiger partial charge is 0.346 e. The molecule has 0 saturated heterocycles. The van der Waals surface area contributed by atoms with E-state index in [4.69, 9.17) is 0 Å². The first-order chi connectivity index (χ1) is 14.2. The first kappa shape index (κ1) is 19.8. The molecule has 4 rings (SSSR count). The summed E-state index contributed by atoms with van der Waals surface area (Å²) in [6.07, 6.45) is 0.993. The van der Waals surface area contributed by atoms with Crippen LogP contribution in [-0.2, 0) is 29.1 Å². The molecule has 1 unspecified atom stereocenters. The summed E-state index contributed by atoms with van der Waals surface area (Å²) in [7, 11) is 0. The maximum absolute atomic E-state index is 12.3. The topological polar surface area (TPSA) is 61.4 Å². The van der Waals surface area contributed by atoms with Gasteiger partial charge in [0.15, 0.2) is 0 Å². The first-order valence-electron chi connectivity index (χ1n) is 9.63. The number of carbonyl (C=O) groups is 2. The van der Waals surface area contributed by atoms with Crippen LogP contribution in [0.3, 0.4) is 0 Å². The van der Waals surface area contributed by atoms with Gasteiger partial charge in [-0.2, -0.15) is 0 Å². The van der Waals surface area contributed by atoms with E-state index in [1.54, 1.807) is 22.7 Å². The molecule has 0 aliphatic carbocycles. The summed E-state index contributed by atoms with van der Waals surface area (Å²) < 4.78 is 0. The highest BCUT2D eigenvalue weighted by molar-refractivity contribution is 7.10. The minimum absolute atomic E-state index is 0.0532. The lowest BCUT2D eigenvalue weighted by molar-refractivity contribution is -0.139. The van der Waals surface area contributed by atoms with E-state index in [0.29, 0.717) is 13.1 Å². The Morgan fingerprint density at radius 2 is 1.69 bits per heavy atom. The van der Waals surface area contributed by atoms with Gasteiger partial charge in [0.05, 0.1) is 12.6 Å². The molecule has 7 heteroatoms. The van der Waals surface area contributed by atoms with Crippen molar-refractivity contribution < 1.29 is 9.59 Å². The predicted octanol–water partition coefficient (Wildman–Crippen LogP) is 3.34. The summed E-state index contributed by atoms with van der Waals surface area (Å²) >= 11 is 3.24. The van der Waals surface area contributed by atoms with Gasteiger partial charge in [0.2, 0.25) is 0 Å². The van der Waals surface area contributed by atoms with Crippen LogP contribution in [0, 0.1) is 0 Å². The van der Waals surface area contributed by atoms with Gasteiger partial charge in [-0.25, -0.2) is 0 Å². The summed E-state index contributed by atoms with van der Waals surface area (Å²) in [5, 5.41) is 9.52. The van der Waals surface area contributed by atoms with E-state index in [-0.39, 0.29) is 6.04 Å². The van der Waals surface area contributed by atoms with Crippen LogP contribution in [-0.4, -0.2) is 29.8 Å². The second kappa shape index (κ2) is 9.35. The molecule has 5 nitrogen and oxygen atoms in total. The Balaban J connectivity index is 1.38. The van der Waals surface area contributed by atoms with Gasteiger partial charge in [-0.05, 0) is 40.4 Å². The summed E-state index contributed by atoms with van der Waals surface area (Å²) in [6, 6.07) is 16.5. The highest BCUT2D eigenvalue weighted by Gasteiger charge is 2.26. The average Bonchev–Trinajstić information content (AvgIpc) is 3.46. The molecule has 2 aromatic heterocycles. The van der Waals surface area contributed by atoms with E-state index in [2.05, 4.69) is 51.2 Å². The lowest BCUT2D eigenvalue weighted by atomic mass is 9.98. The van der Waals surface area contributed by atoms with Crippen LogP contribution in [0.15, 0.2) is 59.3 Å². The third-order valence-corrected chi connectivity index (χ3v) is 6.99. The fourth-order valence-electron chi connectivity index (χ4n) is 3.60. The zero-order valence-corrected chi connectivity index (χ0v) is 17.6. The second-order valence-electron chi connectivity index (χ2n) is 6.99. The first-order valence-corrected chi connectivity index (χ1v) is 11.4. The van der Waals surface area contributed by atoms with Gasteiger partial charge in [-0.1, -0.05) is 36.4 Å². The number of nitrogens with zero attached hydrogens (tertiary/aromatic N) is 1. The van der Waals surface area contributed by atoms with Gasteiger partial charge >= 0.3 is 11.8 Å². The van der Waals surface area contributed by atoms with Crippen LogP contribution >= 0.6 is 22.7 Å². The lowest BCUT2D eigenvalue weighted by Crippen LogP contribution is -2.44. The van der Waals surface area contributed by atoms with Gasteiger partial charge in [0.25, 0.3) is 0 Å². The molecule has 2 amide bonds.